The molecule has 1 aliphatic heterocycles. The Bertz CT molecular complexity index is 298. The molecule has 1 heterocycles. The Morgan fingerprint density at radius 1 is 1.50 bits per heavy atom. The van der Waals surface area contributed by atoms with Gasteiger partial charge in [0.25, 0.3) is 5.91 Å². The van der Waals surface area contributed by atoms with Gasteiger partial charge < -0.3 is 4.90 Å². The normalized spacial score (nSPS) is 14.7. The number of carbonyl (C=O) groups excluding carboxylic acids is 1. The maximum Gasteiger partial charge on any atom is 0.251 e. The van der Waals surface area contributed by atoms with Crippen molar-refractivity contribution in [2.75, 3.05) is 13.1 Å². The van der Waals surface area contributed by atoms with Crippen molar-refractivity contribution in [1.82, 2.24) is 4.90 Å². The predicted octanol–water partition coefficient (Wildman–Crippen LogP) is 1.78. The second-order valence-corrected chi connectivity index (χ2v) is 3.18. The number of isothiocyanates is 1. The Balaban J connectivity index is 2.22. The van der Waals surface area contributed by atoms with Crippen LogP contribution in [-0.4, -0.2) is 29.1 Å². The van der Waals surface area contributed by atoms with E-state index in [0.29, 0.717) is 13.1 Å². The Morgan fingerprint density at radius 2 is 2.29 bits per heavy atom. The van der Waals surface area contributed by atoms with Gasteiger partial charge in [0.2, 0.25) is 0 Å². The Hall–Kier alpha value is -1.25. The van der Waals surface area contributed by atoms with Gasteiger partial charge in [-0.3, -0.25) is 4.79 Å². The van der Waals surface area contributed by atoms with Crippen LogP contribution in [0.2, 0.25) is 0 Å². The average Bonchev–Trinajstić information content (AvgIpc) is 2.48. The van der Waals surface area contributed by atoms with E-state index in [9.17, 15) is 4.79 Å². The van der Waals surface area contributed by atoms with Gasteiger partial charge in [0, 0.05) is 24.9 Å². The van der Waals surface area contributed by atoms with Crippen LogP contribution >= 0.6 is 12.2 Å². The van der Waals surface area contributed by atoms with Crippen molar-refractivity contribution in [3.05, 3.63) is 24.4 Å². The van der Waals surface area contributed by atoms with Gasteiger partial charge in [0.15, 0.2) is 0 Å². The second kappa shape index (κ2) is 5.47. The molecule has 4 heteroatoms. The first kappa shape index (κ1) is 10.8. The summed E-state index contributed by atoms with van der Waals surface area (Å²) in [7, 11) is 0. The van der Waals surface area contributed by atoms with Gasteiger partial charge >= 0.3 is 0 Å². The molecule has 0 fully saturated rings. The summed E-state index contributed by atoms with van der Waals surface area (Å²) >= 11 is 4.44. The van der Waals surface area contributed by atoms with E-state index in [0.717, 1.165) is 18.5 Å². The number of rotatable bonds is 5. The third-order valence-electron chi connectivity index (χ3n) is 2.00. The van der Waals surface area contributed by atoms with Crippen LogP contribution in [0.4, 0.5) is 0 Å². The lowest BCUT2D eigenvalue weighted by molar-refractivity contribution is -0.123. The molecule has 0 aliphatic carbocycles. The molecule has 0 radical (unpaired) electrons. The molecule has 0 spiro atoms. The van der Waals surface area contributed by atoms with Gasteiger partial charge in [0.1, 0.15) is 0 Å². The molecular formula is C10H12N2OS. The number of carbonyl (C=O) groups is 1. The molecule has 74 valence electrons. The molecule has 0 aromatic rings. The standard InChI is InChI=1S/C10H12N2OS/c1-9-4-5-10(13)12(9)7-3-2-6-11-8-14/h4-5H,1-3,6-7H2. The molecule has 0 aromatic heterocycles. The molecule has 0 saturated carbocycles. The zero-order valence-electron chi connectivity index (χ0n) is 7.90. The number of unbranched alkanes of at least 4 members (excludes halogenated alkanes) is 1. The minimum atomic E-state index is 0.0216. The number of nitrogens with zero attached hydrogens (tertiary/aromatic N) is 2. The van der Waals surface area contributed by atoms with E-state index in [4.69, 9.17) is 0 Å². The molecular weight excluding hydrogens is 196 g/mol. The van der Waals surface area contributed by atoms with E-state index in [-0.39, 0.29) is 5.91 Å². The van der Waals surface area contributed by atoms with E-state index in [1.54, 1.807) is 11.0 Å². The minimum Gasteiger partial charge on any atom is -0.309 e. The molecule has 1 rings (SSSR count). The molecule has 1 amide bonds. The highest BCUT2D eigenvalue weighted by Crippen LogP contribution is 2.13. The van der Waals surface area contributed by atoms with Gasteiger partial charge in [0.05, 0.1) is 5.16 Å². The van der Waals surface area contributed by atoms with Gasteiger partial charge in [-0.2, -0.15) is 0 Å². The van der Waals surface area contributed by atoms with Crippen molar-refractivity contribution in [3.63, 3.8) is 0 Å². The van der Waals surface area contributed by atoms with Crippen LogP contribution in [0.1, 0.15) is 12.8 Å². The monoisotopic (exact) mass is 208 g/mol. The first-order valence-electron chi connectivity index (χ1n) is 4.48. The molecule has 0 unspecified atom stereocenters. The summed E-state index contributed by atoms with van der Waals surface area (Å²) in [6.45, 7) is 5.16. The summed E-state index contributed by atoms with van der Waals surface area (Å²) in [5, 5.41) is 2.31. The van der Waals surface area contributed by atoms with E-state index >= 15 is 0 Å². The maximum atomic E-state index is 11.2. The van der Waals surface area contributed by atoms with E-state index in [2.05, 4.69) is 29.0 Å². The van der Waals surface area contributed by atoms with Gasteiger partial charge in [-0.1, -0.05) is 6.58 Å². The Morgan fingerprint density at radius 3 is 2.86 bits per heavy atom. The van der Waals surface area contributed by atoms with Crippen LogP contribution < -0.4 is 0 Å². The quantitative estimate of drug-likeness (QED) is 0.392. The lowest BCUT2D eigenvalue weighted by atomic mass is 10.3. The summed E-state index contributed by atoms with van der Waals surface area (Å²) in [5.41, 5.74) is 0.772. The zero-order valence-corrected chi connectivity index (χ0v) is 8.72. The fourth-order valence-corrected chi connectivity index (χ4v) is 1.34. The van der Waals surface area contributed by atoms with Crippen LogP contribution in [0.15, 0.2) is 29.4 Å². The smallest absolute Gasteiger partial charge is 0.251 e. The SMILES string of the molecule is C=C1C=CC(=O)N1CCCCN=C=S. The minimum absolute atomic E-state index is 0.0216. The number of thiocarbonyl (C=S) groups is 1. The van der Waals surface area contributed by atoms with Crippen LogP contribution in [0.5, 0.6) is 0 Å². The molecule has 14 heavy (non-hydrogen) atoms. The van der Waals surface area contributed by atoms with Crippen LogP contribution in [0.25, 0.3) is 0 Å². The summed E-state index contributed by atoms with van der Waals surface area (Å²) in [5.74, 6) is 0.0216. The predicted molar refractivity (Wildman–Crippen MR) is 59.1 cm³/mol. The fourth-order valence-electron chi connectivity index (χ4n) is 1.25. The second-order valence-electron chi connectivity index (χ2n) is 2.99. The van der Waals surface area contributed by atoms with Crippen LogP contribution in [0, 0.1) is 0 Å². The number of amides is 1. The number of hydrogen-bond acceptors (Lipinski definition) is 3. The van der Waals surface area contributed by atoms with E-state index in [1.807, 2.05) is 0 Å². The summed E-state index contributed by atoms with van der Waals surface area (Å²) in [6.07, 6.45) is 5.10. The number of hydrogen-bond donors (Lipinski definition) is 0. The first-order chi connectivity index (χ1) is 6.75. The highest BCUT2D eigenvalue weighted by atomic mass is 32.1. The van der Waals surface area contributed by atoms with E-state index in [1.165, 1.54) is 6.08 Å². The number of aliphatic imine (C=N–C) groups is 1. The third kappa shape index (κ3) is 2.91. The number of allylic oxidation sites excluding steroid dienone is 1. The van der Waals surface area contributed by atoms with Crippen molar-refractivity contribution in [1.29, 1.82) is 0 Å². The highest BCUT2D eigenvalue weighted by Gasteiger charge is 2.17. The van der Waals surface area contributed by atoms with Crippen molar-refractivity contribution < 1.29 is 4.79 Å². The first-order valence-corrected chi connectivity index (χ1v) is 4.88. The summed E-state index contributed by atoms with van der Waals surface area (Å²) in [6, 6.07) is 0. The fraction of sp³-hybridized carbons (Fsp3) is 0.400. The molecule has 3 nitrogen and oxygen atoms in total. The molecule has 0 aromatic carbocycles. The summed E-state index contributed by atoms with van der Waals surface area (Å²) < 4.78 is 0. The lowest BCUT2D eigenvalue weighted by Gasteiger charge is -2.16. The largest absolute Gasteiger partial charge is 0.309 e. The lowest BCUT2D eigenvalue weighted by Crippen LogP contribution is -2.24. The summed E-state index contributed by atoms with van der Waals surface area (Å²) in [4.78, 5) is 16.7. The van der Waals surface area contributed by atoms with Gasteiger partial charge in [-0.05, 0) is 31.1 Å². The van der Waals surface area contributed by atoms with Gasteiger partial charge in [-0.25, -0.2) is 4.99 Å². The molecule has 0 bridgehead atoms. The van der Waals surface area contributed by atoms with Crippen molar-refractivity contribution >= 4 is 23.3 Å². The molecule has 0 N–H and O–H groups in total. The topological polar surface area (TPSA) is 32.7 Å². The Kier molecular flexibility index (Phi) is 4.23. The van der Waals surface area contributed by atoms with Crippen molar-refractivity contribution in [2.24, 2.45) is 4.99 Å². The molecule has 0 saturated heterocycles. The molecule has 0 atom stereocenters. The Labute approximate surface area is 88.8 Å². The van der Waals surface area contributed by atoms with Crippen LogP contribution in [0.3, 0.4) is 0 Å². The van der Waals surface area contributed by atoms with Crippen molar-refractivity contribution in [3.8, 4) is 0 Å². The maximum absolute atomic E-state index is 11.2. The van der Waals surface area contributed by atoms with E-state index < -0.39 is 0 Å². The third-order valence-corrected chi connectivity index (χ3v) is 2.13. The van der Waals surface area contributed by atoms with Gasteiger partial charge in [-0.15, -0.1) is 0 Å². The molecule has 1 aliphatic rings. The average molecular weight is 208 g/mol. The highest BCUT2D eigenvalue weighted by molar-refractivity contribution is 7.78. The van der Waals surface area contributed by atoms with Crippen LogP contribution in [-0.2, 0) is 4.79 Å². The van der Waals surface area contributed by atoms with Crippen molar-refractivity contribution in [2.45, 2.75) is 12.8 Å². The zero-order chi connectivity index (χ0) is 10.4.